The number of benzene rings is 3. The van der Waals surface area contributed by atoms with Gasteiger partial charge in [-0.05, 0) is 74.4 Å². The molecule has 48 heavy (non-hydrogen) atoms. The summed E-state index contributed by atoms with van der Waals surface area (Å²) in [4.78, 5) is 34.7. The minimum atomic E-state index is -5.19. The minimum absolute atomic E-state index is 0.0173. The molecule has 0 atom stereocenters. The van der Waals surface area contributed by atoms with Gasteiger partial charge in [-0.15, -0.1) is 0 Å². The number of amidine groups is 1. The third-order valence-corrected chi connectivity index (χ3v) is 6.75. The van der Waals surface area contributed by atoms with Crippen molar-refractivity contribution in [3.63, 3.8) is 0 Å². The number of amides is 2. The molecule has 256 valence electrons. The quantitative estimate of drug-likeness (QED) is 0.120. The molecule has 0 aliphatic heterocycles. The fourth-order valence-corrected chi connectivity index (χ4v) is 4.48. The molecule has 0 fully saturated rings. The molecule has 11 nitrogen and oxygen atoms in total. The Bertz CT molecular complexity index is 1800. The second-order valence-electron chi connectivity index (χ2n) is 12.8. The lowest BCUT2D eigenvalue weighted by Crippen LogP contribution is -2.37. The zero-order valence-electron chi connectivity index (χ0n) is 27.5. The summed E-state index contributed by atoms with van der Waals surface area (Å²) in [6, 6.07) is 22.9. The van der Waals surface area contributed by atoms with Crippen molar-refractivity contribution in [2.45, 2.75) is 45.6 Å². The van der Waals surface area contributed by atoms with E-state index in [1.165, 1.54) is 5.69 Å². The van der Waals surface area contributed by atoms with Gasteiger partial charge < -0.3 is 30.3 Å². The van der Waals surface area contributed by atoms with Gasteiger partial charge in [-0.2, -0.15) is 13.2 Å². The molecule has 1 heterocycles. The van der Waals surface area contributed by atoms with Crippen molar-refractivity contribution >= 4 is 46.1 Å². The highest BCUT2D eigenvalue weighted by atomic mass is 19.4. The molecule has 0 spiro atoms. The van der Waals surface area contributed by atoms with Gasteiger partial charge in [-0.3, -0.25) is 20.0 Å². The van der Waals surface area contributed by atoms with E-state index in [2.05, 4.69) is 43.9 Å². The Labute approximate surface area is 276 Å². The minimum Gasteiger partial charge on any atom is -0.542 e. The van der Waals surface area contributed by atoms with E-state index in [-0.39, 0.29) is 11.7 Å². The summed E-state index contributed by atoms with van der Waals surface area (Å²) < 4.78 is 39.6. The van der Waals surface area contributed by atoms with Crippen LogP contribution < -0.4 is 26.0 Å². The number of nitrogens with zero attached hydrogens (tertiary/aromatic N) is 2. The predicted octanol–water partition coefficient (Wildman–Crippen LogP) is 4.75. The lowest BCUT2D eigenvalue weighted by molar-refractivity contribution is -0.344. The number of aliphatic carboxylic acids is 1. The largest absolute Gasteiger partial charge is 0.542 e. The second kappa shape index (κ2) is 14.6. The van der Waals surface area contributed by atoms with Crippen molar-refractivity contribution in [3.8, 4) is 0 Å². The van der Waals surface area contributed by atoms with Crippen LogP contribution in [0.15, 0.2) is 72.8 Å². The van der Waals surface area contributed by atoms with Crippen molar-refractivity contribution < 1.29 is 37.4 Å². The average Bonchev–Trinajstić information content (AvgIpc) is 3.32. The number of hydrogen-bond acceptors (Lipinski definition) is 6. The number of quaternary nitrogens is 1. The molecule has 0 aliphatic carbocycles. The first-order chi connectivity index (χ1) is 22.1. The Morgan fingerprint density at radius 3 is 2.10 bits per heavy atom. The first-order valence-corrected chi connectivity index (χ1v) is 14.7. The molecular weight excluding hydrogens is 629 g/mol. The van der Waals surface area contributed by atoms with Crippen molar-refractivity contribution in [1.82, 2.24) is 14.4 Å². The number of nitrogens with one attached hydrogen (secondary N) is 3. The molecule has 0 unspecified atom stereocenters. The number of carbonyl (C=O) groups excluding carboxylic acids is 3. The summed E-state index contributed by atoms with van der Waals surface area (Å²) in [7, 11) is 6.32. The van der Waals surface area contributed by atoms with Crippen LogP contribution in [0.5, 0.6) is 0 Å². The van der Waals surface area contributed by atoms with E-state index in [0.29, 0.717) is 34.5 Å². The van der Waals surface area contributed by atoms with Crippen LogP contribution in [0.3, 0.4) is 0 Å². The number of nitrogen functional groups attached to an aromatic ring is 1. The SMILES string of the molecule is CC(C)(C)OC(=O)Nc1ccc2c(c1)cc(C(=O)NCc1ccc([N+](C)(C)C)cc1)n2Cc1cccc(C(=N)N)c1.O=C([O-])C(F)(F)F. The van der Waals surface area contributed by atoms with Crippen molar-refractivity contribution in [2.75, 3.05) is 26.5 Å². The van der Waals surface area contributed by atoms with Crippen LogP contribution in [0.1, 0.15) is 48.0 Å². The Balaban J connectivity index is 0.000000804. The fraction of sp³-hybridized carbons (Fsp3) is 0.294. The van der Waals surface area contributed by atoms with E-state index < -0.39 is 23.8 Å². The lowest BCUT2D eigenvalue weighted by Gasteiger charge is -2.23. The van der Waals surface area contributed by atoms with E-state index in [0.717, 1.165) is 22.0 Å². The molecule has 0 bridgehead atoms. The normalized spacial score (nSPS) is 11.7. The Kier molecular flexibility index (Phi) is 11.3. The average molecular weight is 669 g/mol. The molecule has 4 aromatic rings. The smallest absolute Gasteiger partial charge is 0.430 e. The molecule has 0 saturated carbocycles. The van der Waals surface area contributed by atoms with Gasteiger partial charge in [0.25, 0.3) is 5.91 Å². The molecule has 3 aromatic carbocycles. The van der Waals surface area contributed by atoms with Gasteiger partial charge in [-0.25, -0.2) is 4.79 Å². The maximum atomic E-state index is 13.5. The number of carboxylic acid groups (broad SMARTS) is 1. The summed E-state index contributed by atoms with van der Waals surface area (Å²) in [5.41, 5.74) is 10.6. The van der Waals surface area contributed by atoms with Crippen LogP contribution in [0.2, 0.25) is 0 Å². The van der Waals surface area contributed by atoms with E-state index in [1.54, 1.807) is 32.9 Å². The van der Waals surface area contributed by atoms with E-state index in [1.807, 2.05) is 53.1 Å². The van der Waals surface area contributed by atoms with E-state index >= 15 is 0 Å². The molecule has 5 N–H and O–H groups in total. The lowest BCUT2D eigenvalue weighted by atomic mass is 10.1. The zero-order valence-corrected chi connectivity index (χ0v) is 27.5. The van der Waals surface area contributed by atoms with Crippen LogP contribution in [-0.2, 0) is 22.6 Å². The van der Waals surface area contributed by atoms with Gasteiger partial charge in [0.2, 0.25) is 0 Å². The standard InChI is InChI=1S/C32H38N6O3.C2HF3O2/c1-32(2,3)41-31(40)36-25-12-15-27-24(17-25)18-28(37(27)20-22-8-7-9-23(16-22)29(33)34)30(39)35-19-21-10-13-26(14-11-21)38(4,5)6;3-2(4,5)1(6)7/h7-18H,19-20H2,1-6H3,(H4-,33,34,35,36,39,40);(H,6,7). The van der Waals surface area contributed by atoms with Crippen LogP contribution in [0, 0.1) is 5.41 Å². The van der Waals surface area contributed by atoms with Gasteiger partial charge in [0.1, 0.15) is 28.8 Å². The Hall–Kier alpha value is -5.37. The number of fused-ring (bicyclic) bond motifs is 1. The molecule has 0 saturated heterocycles. The number of ether oxygens (including phenoxy) is 1. The van der Waals surface area contributed by atoms with E-state index in [4.69, 9.17) is 25.8 Å². The number of aromatic nitrogens is 1. The van der Waals surface area contributed by atoms with Crippen LogP contribution >= 0.6 is 0 Å². The summed E-state index contributed by atoms with van der Waals surface area (Å²) in [6.07, 6.45) is -5.74. The van der Waals surface area contributed by atoms with Gasteiger partial charge in [0, 0.05) is 35.2 Å². The number of carboxylic acids is 1. The molecule has 0 aliphatic rings. The van der Waals surface area contributed by atoms with Crippen LogP contribution in [0.25, 0.3) is 10.9 Å². The summed E-state index contributed by atoms with van der Waals surface area (Å²) in [5, 5.41) is 23.2. The van der Waals surface area contributed by atoms with Crippen molar-refractivity contribution in [3.05, 3.63) is 95.2 Å². The number of alkyl halides is 3. The maximum Gasteiger partial charge on any atom is 0.430 e. The first-order valence-electron chi connectivity index (χ1n) is 14.7. The zero-order chi connectivity index (χ0) is 36.0. The van der Waals surface area contributed by atoms with Crippen molar-refractivity contribution in [2.24, 2.45) is 5.73 Å². The predicted molar refractivity (Wildman–Crippen MR) is 177 cm³/mol. The molecule has 14 heteroatoms. The third-order valence-electron chi connectivity index (χ3n) is 6.75. The van der Waals surface area contributed by atoms with Gasteiger partial charge in [0.05, 0.1) is 21.1 Å². The van der Waals surface area contributed by atoms with E-state index in [9.17, 15) is 22.8 Å². The highest BCUT2D eigenvalue weighted by Gasteiger charge is 2.29. The Morgan fingerprint density at radius 2 is 1.56 bits per heavy atom. The number of anilines is 1. The van der Waals surface area contributed by atoms with Crippen molar-refractivity contribution in [1.29, 1.82) is 5.41 Å². The highest BCUT2D eigenvalue weighted by molar-refractivity contribution is 6.00. The summed E-state index contributed by atoms with van der Waals surface area (Å²) >= 11 is 0. The van der Waals surface area contributed by atoms with Gasteiger partial charge in [0.15, 0.2) is 0 Å². The molecule has 2 amide bonds. The Morgan fingerprint density at radius 1 is 0.938 bits per heavy atom. The number of halogens is 3. The number of hydrogen-bond donors (Lipinski definition) is 4. The number of carbonyl (C=O) groups is 3. The molecule has 4 rings (SSSR count). The third kappa shape index (κ3) is 10.6. The molecule has 1 aromatic heterocycles. The first kappa shape index (κ1) is 37.1. The highest BCUT2D eigenvalue weighted by Crippen LogP contribution is 2.26. The maximum absolute atomic E-state index is 13.5. The van der Waals surface area contributed by atoms with Crippen LogP contribution in [0.4, 0.5) is 29.3 Å². The fourth-order valence-electron chi connectivity index (χ4n) is 4.48. The number of rotatable bonds is 8. The number of nitrogens with two attached hydrogens (primary N) is 1. The second-order valence-corrected chi connectivity index (χ2v) is 12.8. The molecule has 0 radical (unpaired) electrons. The summed E-state index contributed by atoms with van der Waals surface area (Å²) in [5.74, 6) is -3.25. The van der Waals surface area contributed by atoms with Gasteiger partial charge >= 0.3 is 12.3 Å². The van der Waals surface area contributed by atoms with Gasteiger partial charge in [-0.1, -0.05) is 30.3 Å². The monoisotopic (exact) mass is 668 g/mol. The molecular formula is C34H39F3N6O5. The summed E-state index contributed by atoms with van der Waals surface area (Å²) in [6.45, 7) is 6.19. The topological polar surface area (TPSA) is 162 Å². The van der Waals surface area contributed by atoms with Crippen LogP contribution in [-0.4, -0.2) is 61.3 Å².